The molecule has 1 aromatic rings. The van der Waals surface area contributed by atoms with E-state index >= 15 is 0 Å². The Labute approximate surface area is 98.1 Å². The number of carboxylic acid groups (broad SMARTS) is 1. The van der Waals surface area contributed by atoms with Gasteiger partial charge in [0.25, 0.3) is 0 Å². The molecule has 0 bridgehead atoms. The first-order chi connectivity index (χ1) is 7.63. The molecule has 1 aromatic carbocycles. The quantitative estimate of drug-likeness (QED) is 0.802. The second kappa shape index (κ2) is 6.16. The lowest BCUT2D eigenvalue weighted by Gasteiger charge is -2.05. The van der Waals surface area contributed by atoms with E-state index in [1.807, 2.05) is 18.2 Å². The van der Waals surface area contributed by atoms with Crippen molar-refractivity contribution in [1.29, 1.82) is 5.26 Å². The highest BCUT2D eigenvalue weighted by molar-refractivity contribution is 7.98. The fourth-order valence-corrected chi connectivity index (χ4v) is 1.99. The monoisotopic (exact) mass is 236 g/mol. The van der Waals surface area contributed by atoms with Gasteiger partial charge in [-0.1, -0.05) is 12.1 Å². The number of rotatable bonds is 5. The van der Waals surface area contributed by atoms with Gasteiger partial charge in [-0.3, -0.25) is 4.79 Å². The van der Waals surface area contributed by atoms with Crippen LogP contribution in [-0.4, -0.2) is 22.9 Å². The van der Waals surface area contributed by atoms with Crippen LogP contribution in [0.3, 0.4) is 0 Å². The largest absolute Gasteiger partial charge is 0.480 e. The van der Waals surface area contributed by atoms with Crippen molar-refractivity contribution < 1.29 is 9.90 Å². The highest BCUT2D eigenvalue weighted by Crippen LogP contribution is 2.13. The Balaban J connectivity index is 2.38. The molecule has 0 aliphatic heterocycles. The van der Waals surface area contributed by atoms with E-state index in [1.54, 1.807) is 12.1 Å². The zero-order chi connectivity index (χ0) is 12.0. The number of nitriles is 1. The third-order valence-electron chi connectivity index (χ3n) is 1.97. The predicted octanol–water partition coefficient (Wildman–Crippen LogP) is 1.20. The highest BCUT2D eigenvalue weighted by atomic mass is 32.2. The number of nitrogens with two attached hydrogens (primary N) is 1. The van der Waals surface area contributed by atoms with Crippen molar-refractivity contribution in [3.05, 3.63) is 35.4 Å². The molecule has 1 rings (SSSR count). The van der Waals surface area contributed by atoms with Gasteiger partial charge >= 0.3 is 5.97 Å². The molecular weight excluding hydrogens is 224 g/mol. The Morgan fingerprint density at radius 2 is 2.12 bits per heavy atom. The van der Waals surface area contributed by atoms with Crippen LogP contribution >= 0.6 is 11.8 Å². The van der Waals surface area contributed by atoms with Gasteiger partial charge in [0.15, 0.2) is 0 Å². The van der Waals surface area contributed by atoms with Crippen LogP contribution in [0.2, 0.25) is 0 Å². The van der Waals surface area contributed by atoms with Gasteiger partial charge in [0.1, 0.15) is 6.04 Å². The molecule has 0 saturated carbocycles. The molecule has 0 radical (unpaired) electrons. The van der Waals surface area contributed by atoms with Crippen molar-refractivity contribution in [3.8, 4) is 6.07 Å². The van der Waals surface area contributed by atoms with Gasteiger partial charge in [-0.05, 0) is 17.7 Å². The minimum atomic E-state index is -0.979. The molecule has 0 heterocycles. The van der Waals surface area contributed by atoms with E-state index in [2.05, 4.69) is 0 Å². The molecule has 0 saturated heterocycles. The first-order valence-corrected chi connectivity index (χ1v) is 5.84. The second-order valence-corrected chi connectivity index (χ2v) is 4.30. The summed E-state index contributed by atoms with van der Waals surface area (Å²) in [6, 6.07) is 8.43. The summed E-state index contributed by atoms with van der Waals surface area (Å²) in [5, 5.41) is 17.2. The van der Waals surface area contributed by atoms with Gasteiger partial charge < -0.3 is 10.8 Å². The number of carbonyl (C=O) groups is 1. The highest BCUT2D eigenvalue weighted by Gasteiger charge is 2.10. The molecule has 16 heavy (non-hydrogen) atoms. The lowest BCUT2D eigenvalue weighted by atomic mass is 10.2. The van der Waals surface area contributed by atoms with Crippen LogP contribution in [0.5, 0.6) is 0 Å². The van der Waals surface area contributed by atoms with Crippen LogP contribution in [0, 0.1) is 11.3 Å². The SMILES string of the molecule is N#Cc1ccc(CSC[C@@H](N)C(=O)O)cc1. The number of aliphatic carboxylic acids is 1. The molecular formula is C11H12N2O2S. The Bertz CT molecular complexity index is 397. The first kappa shape index (κ1) is 12.6. The van der Waals surface area contributed by atoms with Crippen LogP contribution < -0.4 is 5.73 Å². The zero-order valence-corrected chi connectivity index (χ0v) is 9.41. The fraction of sp³-hybridized carbons (Fsp3) is 0.273. The summed E-state index contributed by atoms with van der Waals surface area (Å²) in [5.41, 5.74) is 7.04. The molecule has 0 spiro atoms. The Hall–Kier alpha value is -1.51. The van der Waals surface area contributed by atoms with Crippen molar-refractivity contribution in [2.24, 2.45) is 5.73 Å². The van der Waals surface area contributed by atoms with E-state index in [-0.39, 0.29) is 0 Å². The second-order valence-electron chi connectivity index (χ2n) is 3.27. The third-order valence-corrected chi connectivity index (χ3v) is 3.10. The smallest absolute Gasteiger partial charge is 0.321 e. The van der Waals surface area contributed by atoms with Gasteiger partial charge in [0.05, 0.1) is 11.6 Å². The average Bonchev–Trinajstić information content (AvgIpc) is 2.29. The number of hydrogen-bond donors (Lipinski definition) is 2. The topological polar surface area (TPSA) is 87.1 Å². The van der Waals surface area contributed by atoms with Crippen LogP contribution in [0.15, 0.2) is 24.3 Å². The average molecular weight is 236 g/mol. The predicted molar refractivity (Wildman–Crippen MR) is 62.9 cm³/mol. The molecule has 1 atom stereocenters. The summed E-state index contributed by atoms with van der Waals surface area (Å²) in [6.07, 6.45) is 0. The van der Waals surface area contributed by atoms with Crippen LogP contribution in [0.4, 0.5) is 0 Å². The van der Waals surface area contributed by atoms with Gasteiger partial charge in [0.2, 0.25) is 0 Å². The van der Waals surface area contributed by atoms with Crippen molar-refractivity contribution >= 4 is 17.7 Å². The third kappa shape index (κ3) is 3.93. The molecule has 0 unspecified atom stereocenters. The molecule has 0 aliphatic carbocycles. The minimum Gasteiger partial charge on any atom is -0.480 e. The standard InChI is InChI=1S/C11H12N2O2S/c12-5-8-1-3-9(4-2-8)6-16-7-10(13)11(14)15/h1-4,10H,6-7,13H2,(H,14,15)/t10-/m1/s1. The van der Waals surface area contributed by atoms with Gasteiger partial charge in [-0.25, -0.2) is 0 Å². The van der Waals surface area contributed by atoms with Gasteiger partial charge in [-0.15, -0.1) is 0 Å². The number of carboxylic acids is 1. The summed E-state index contributed by atoms with van der Waals surface area (Å²) in [5.74, 6) is 0.106. The number of hydrogen-bond acceptors (Lipinski definition) is 4. The number of nitrogens with zero attached hydrogens (tertiary/aromatic N) is 1. The van der Waals surface area contributed by atoms with Crippen molar-refractivity contribution in [3.63, 3.8) is 0 Å². The fourth-order valence-electron chi connectivity index (χ4n) is 1.05. The molecule has 4 nitrogen and oxygen atoms in total. The summed E-state index contributed by atoms with van der Waals surface area (Å²) >= 11 is 1.47. The number of benzene rings is 1. The lowest BCUT2D eigenvalue weighted by Crippen LogP contribution is -2.32. The van der Waals surface area contributed by atoms with E-state index in [0.717, 1.165) is 5.56 Å². The van der Waals surface area contributed by atoms with Crippen LogP contribution in [-0.2, 0) is 10.5 Å². The lowest BCUT2D eigenvalue weighted by molar-refractivity contribution is -0.137. The van der Waals surface area contributed by atoms with E-state index in [0.29, 0.717) is 17.1 Å². The van der Waals surface area contributed by atoms with Crippen LogP contribution in [0.25, 0.3) is 0 Å². The maximum Gasteiger partial charge on any atom is 0.321 e. The molecule has 0 aromatic heterocycles. The summed E-state index contributed by atoms with van der Waals surface area (Å²) < 4.78 is 0. The Morgan fingerprint density at radius 1 is 1.50 bits per heavy atom. The van der Waals surface area contributed by atoms with Crippen LogP contribution in [0.1, 0.15) is 11.1 Å². The van der Waals surface area contributed by atoms with E-state index in [4.69, 9.17) is 16.1 Å². The van der Waals surface area contributed by atoms with E-state index in [9.17, 15) is 4.79 Å². The summed E-state index contributed by atoms with van der Waals surface area (Å²) in [7, 11) is 0. The molecule has 84 valence electrons. The molecule has 5 heteroatoms. The van der Waals surface area contributed by atoms with Crippen molar-refractivity contribution in [1.82, 2.24) is 0 Å². The molecule has 0 amide bonds. The molecule has 3 N–H and O–H groups in total. The van der Waals surface area contributed by atoms with Gasteiger partial charge in [-0.2, -0.15) is 17.0 Å². The van der Waals surface area contributed by atoms with E-state index < -0.39 is 12.0 Å². The number of thioether (sulfide) groups is 1. The van der Waals surface area contributed by atoms with Crippen molar-refractivity contribution in [2.45, 2.75) is 11.8 Å². The maximum absolute atomic E-state index is 10.5. The normalized spacial score (nSPS) is 11.8. The Morgan fingerprint density at radius 3 is 2.62 bits per heavy atom. The van der Waals surface area contributed by atoms with E-state index in [1.165, 1.54) is 11.8 Å². The van der Waals surface area contributed by atoms with Gasteiger partial charge in [0, 0.05) is 11.5 Å². The maximum atomic E-state index is 10.5. The van der Waals surface area contributed by atoms with Crippen molar-refractivity contribution in [2.75, 3.05) is 5.75 Å². The first-order valence-electron chi connectivity index (χ1n) is 4.68. The molecule has 0 fully saturated rings. The Kier molecular flexibility index (Phi) is 4.83. The summed E-state index contributed by atoms with van der Waals surface area (Å²) in [6.45, 7) is 0. The molecule has 0 aliphatic rings. The zero-order valence-electron chi connectivity index (χ0n) is 8.59. The minimum absolute atomic E-state index is 0.384. The summed E-state index contributed by atoms with van der Waals surface area (Å²) in [4.78, 5) is 10.5.